The van der Waals surface area contributed by atoms with Crippen LogP contribution >= 0.6 is 0 Å². The molecule has 0 aliphatic heterocycles. The standard InChI is InChI=1S/C13H18N2O4/c1-8(2)19-13-6-9(3-11(7-13)15(17)18)14-10-4-12(16)5-10/h3,6-8,10,12,14,16H,4-5H2,1-2H3. The van der Waals surface area contributed by atoms with Crippen LogP contribution in [0, 0.1) is 10.1 Å². The van der Waals surface area contributed by atoms with Crippen molar-refractivity contribution in [1.82, 2.24) is 0 Å². The molecule has 1 aromatic carbocycles. The molecule has 1 aliphatic carbocycles. The summed E-state index contributed by atoms with van der Waals surface area (Å²) in [6, 6.07) is 4.82. The summed E-state index contributed by atoms with van der Waals surface area (Å²) < 4.78 is 5.51. The van der Waals surface area contributed by atoms with Crippen LogP contribution < -0.4 is 10.1 Å². The van der Waals surface area contributed by atoms with Crippen molar-refractivity contribution in [3.63, 3.8) is 0 Å². The highest BCUT2D eigenvalue weighted by molar-refractivity contribution is 5.57. The van der Waals surface area contributed by atoms with E-state index in [1.807, 2.05) is 13.8 Å². The van der Waals surface area contributed by atoms with Gasteiger partial charge >= 0.3 is 0 Å². The molecule has 1 aliphatic rings. The molecular weight excluding hydrogens is 248 g/mol. The number of nitrogens with zero attached hydrogens (tertiary/aromatic N) is 1. The Morgan fingerprint density at radius 3 is 2.63 bits per heavy atom. The average Bonchev–Trinajstić information content (AvgIpc) is 2.25. The summed E-state index contributed by atoms with van der Waals surface area (Å²) in [5, 5.41) is 23.3. The largest absolute Gasteiger partial charge is 0.491 e. The quantitative estimate of drug-likeness (QED) is 0.631. The Kier molecular flexibility index (Phi) is 3.90. The minimum atomic E-state index is -0.437. The van der Waals surface area contributed by atoms with E-state index in [1.54, 1.807) is 6.07 Å². The number of ether oxygens (including phenoxy) is 1. The number of nitrogens with one attached hydrogen (secondary N) is 1. The van der Waals surface area contributed by atoms with Crippen LogP contribution in [0.25, 0.3) is 0 Å². The maximum atomic E-state index is 10.9. The van der Waals surface area contributed by atoms with E-state index in [4.69, 9.17) is 4.74 Å². The average molecular weight is 266 g/mol. The predicted octanol–water partition coefficient (Wildman–Crippen LogP) is 2.32. The molecule has 0 spiro atoms. The first-order valence-electron chi connectivity index (χ1n) is 6.35. The summed E-state index contributed by atoms with van der Waals surface area (Å²) in [5.41, 5.74) is 0.655. The van der Waals surface area contributed by atoms with Gasteiger partial charge in [-0.2, -0.15) is 0 Å². The Hall–Kier alpha value is -1.82. The number of nitro groups is 1. The molecule has 0 atom stereocenters. The van der Waals surface area contributed by atoms with Gasteiger partial charge in [0, 0.05) is 23.9 Å². The molecule has 0 heterocycles. The third-order valence-corrected chi connectivity index (χ3v) is 2.96. The minimum absolute atomic E-state index is 0.000483. The number of aliphatic hydroxyl groups excluding tert-OH is 1. The monoisotopic (exact) mass is 266 g/mol. The number of nitro benzene ring substituents is 1. The highest BCUT2D eigenvalue weighted by atomic mass is 16.6. The molecule has 0 unspecified atom stereocenters. The lowest BCUT2D eigenvalue weighted by molar-refractivity contribution is -0.384. The third kappa shape index (κ3) is 3.57. The Bertz CT molecular complexity index is 470. The lowest BCUT2D eigenvalue weighted by Crippen LogP contribution is -2.38. The summed E-state index contributed by atoms with van der Waals surface area (Å²) in [5.74, 6) is 0.478. The normalized spacial score (nSPS) is 21.9. The summed E-state index contributed by atoms with van der Waals surface area (Å²) in [6.45, 7) is 3.74. The van der Waals surface area contributed by atoms with Crippen molar-refractivity contribution in [3.05, 3.63) is 28.3 Å². The zero-order valence-corrected chi connectivity index (χ0v) is 11.0. The third-order valence-electron chi connectivity index (χ3n) is 2.96. The minimum Gasteiger partial charge on any atom is -0.491 e. The highest BCUT2D eigenvalue weighted by Gasteiger charge is 2.27. The molecule has 0 bridgehead atoms. The molecule has 6 heteroatoms. The van der Waals surface area contributed by atoms with Gasteiger partial charge in [0.15, 0.2) is 0 Å². The molecule has 0 amide bonds. The topological polar surface area (TPSA) is 84.6 Å². The summed E-state index contributed by atoms with van der Waals surface area (Å²) in [4.78, 5) is 10.5. The number of anilines is 1. The lowest BCUT2D eigenvalue weighted by Gasteiger charge is -2.32. The molecule has 1 aromatic rings. The van der Waals surface area contributed by atoms with Gasteiger partial charge in [0.25, 0.3) is 5.69 Å². The van der Waals surface area contributed by atoms with Crippen LogP contribution in [0.2, 0.25) is 0 Å². The van der Waals surface area contributed by atoms with E-state index in [9.17, 15) is 15.2 Å². The predicted molar refractivity (Wildman–Crippen MR) is 71.5 cm³/mol. The van der Waals surface area contributed by atoms with Gasteiger partial charge in [0.1, 0.15) is 5.75 Å². The number of hydrogen-bond donors (Lipinski definition) is 2. The summed E-state index contributed by atoms with van der Waals surface area (Å²) in [7, 11) is 0. The van der Waals surface area contributed by atoms with Gasteiger partial charge in [0.2, 0.25) is 0 Å². The van der Waals surface area contributed by atoms with Crippen LogP contribution in [0.1, 0.15) is 26.7 Å². The molecule has 104 valence electrons. The Morgan fingerprint density at radius 2 is 2.11 bits per heavy atom. The van der Waals surface area contributed by atoms with Crippen molar-refractivity contribution in [2.24, 2.45) is 0 Å². The van der Waals surface area contributed by atoms with Crippen molar-refractivity contribution < 1.29 is 14.8 Å². The Labute approximate surface area is 111 Å². The highest BCUT2D eigenvalue weighted by Crippen LogP contribution is 2.30. The van der Waals surface area contributed by atoms with Gasteiger partial charge < -0.3 is 15.2 Å². The van der Waals surface area contributed by atoms with Crippen LogP contribution in [-0.4, -0.2) is 28.3 Å². The van der Waals surface area contributed by atoms with E-state index in [2.05, 4.69) is 5.32 Å². The number of non-ortho nitro benzene ring substituents is 1. The van der Waals surface area contributed by atoms with Gasteiger partial charge in [0.05, 0.1) is 23.2 Å². The van der Waals surface area contributed by atoms with Crippen molar-refractivity contribution in [1.29, 1.82) is 0 Å². The zero-order chi connectivity index (χ0) is 14.0. The van der Waals surface area contributed by atoms with E-state index in [0.717, 1.165) is 0 Å². The van der Waals surface area contributed by atoms with E-state index in [-0.39, 0.29) is 23.9 Å². The molecule has 2 N–H and O–H groups in total. The smallest absolute Gasteiger partial charge is 0.275 e. The van der Waals surface area contributed by atoms with Gasteiger partial charge in [-0.1, -0.05) is 0 Å². The van der Waals surface area contributed by atoms with Crippen LogP contribution in [0.3, 0.4) is 0 Å². The second-order valence-corrected chi connectivity index (χ2v) is 5.11. The van der Waals surface area contributed by atoms with Crippen LogP contribution in [0.4, 0.5) is 11.4 Å². The van der Waals surface area contributed by atoms with Gasteiger partial charge in [-0.15, -0.1) is 0 Å². The number of rotatable bonds is 5. The molecule has 0 saturated heterocycles. The summed E-state index contributed by atoms with van der Waals surface area (Å²) in [6.07, 6.45) is 1.04. The molecule has 19 heavy (non-hydrogen) atoms. The maximum absolute atomic E-state index is 10.9. The SMILES string of the molecule is CC(C)Oc1cc(NC2CC(O)C2)cc([N+](=O)[O-])c1. The van der Waals surface area contributed by atoms with E-state index < -0.39 is 4.92 Å². The Balaban J connectivity index is 2.16. The molecular formula is C13H18N2O4. The van der Waals surface area contributed by atoms with E-state index >= 15 is 0 Å². The van der Waals surface area contributed by atoms with Crippen LogP contribution in [0.5, 0.6) is 5.75 Å². The van der Waals surface area contributed by atoms with E-state index in [1.165, 1.54) is 12.1 Å². The number of benzene rings is 1. The van der Waals surface area contributed by atoms with Crippen molar-refractivity contribution in [3.8, 4) is 5.75 Å². The first-order valence-corrected chi connectivity index (χ1v) is 6.35. The first kappa shape index (κ1) is 13.6. The second kappa shape index (κ2) is 5.44. The number of aliphatic hydroxyl groups is 1. The molecule has 6 nitrogen and oxygen atoms in total. The van der Waals surface area contributed by atoms with Crippen LogP contribution in [-0.2, 0) is 0 Å². The number of hydrogen-bond acceptors (Lipinski definition) is 5. The Morgan fingerprint density at radius 1 is 1.42 bits per heavy atom. The second-order valence-electron chi connectivity index (χ2n) is 5.11. The lowest BCUT2D eigenvalue weighted by atomic mass is 9.89. The fraction of sp³-hybridized carbons (Fsp3) is 0.538. The van der Waals surface area contributed by atoms with E-state index in [0.29, 0.717) is 24.3 Å². The molecule has 1 fully saturated rings. The first-order chi connectivity index (χ1) is 8.94. The van der Waals surface area contributed by atoms with Gasteiger partial charge in [-0.25, -0.2) is 0 Å². The summed E-state index contributed by atoms with van der Waals surface area (Å²) >= 11 is 0. The zero-order valence-electron chi connectivity index (χ0n) is 11.0. The van der Waals surface area contributed by atoms with Crippen molar-refractivity contribution in [2.75, 3.05) is 5.32 Å². The van der Waals surface area contributed by atoms with Gasteiger partial charge in [-0.05, 0) is 26.7 Å². The molecule has 1 saturated carbocycles. The van der Waals surface area contributed by atoms with Crippen LogP contribution in [0.15, 0.2) is 18.2 Å². The van der Waals surface area contributed by atoms with Crippen molar-refractivity contribution in [2.45, 2.75) is 44.9 Å². The van der Waals surface area contributed by atoms with Gasteiger partial charge in [-0.3, -0.25) is 10.1 Å². The fourth-order valence-corrected chi connectivity index (χ4v) is 2.05. The molecule has 0 radical (unpaired) electrons. The molecule has 2 rings (SSSR count). The fourth-order valence-electron chi connectivity index (χ4n) is 2.05. The van der Waals surface area contributed by atoms with Crippen molar-refractivity contribution >= 4 is 11.4 Å². The maximum Gasteiger partial charge on any atom is 0.275 e. The molecule has 0 aromatic heterocycles.